The van der Waals surface area contributed by atoms with Crippen molar-refractivity contribution >= 4 is 17.6 Å². The maximum atomic E-state index is 4.63. The summed E-state index contributed by atoms with van der Waals surface area (Å²) in [5.74, 6) is 1.98. The second kappa shape index (κ2) is 5.56. The zero-order chi connectivity index (χ0) is 14.0. The molecule has 0 spiro atoms. The molecule has 0 aliphatic heterocycles. The minimum absolute atomic E-state index is 0.284. The molecule has 19 heavy (non-hydrogen) atoms. The molecule has 1 N–H and O–H groups in total. The molecule has 2 aromatic rings. The summed E-state index contributed by atoms with van der Waals surface area (Å²) in [6.07, 6.45) is 1.54. The van der Waals surface area contributed by atoms with Crippen molar-refractivity contribution in [2.45, 2.75) is 36.9 Å². The first-order valence-electron chi connectivity index (χ1n) is 6.11. The first-order valence-corrected chi connectivity index (χ1v) is 6.92. The number of nitrogens with zero attached hydrogens (tertiary/aromatic N) is 5. The van der Waals surface area contributed by atoms with Crippen LogP contribution >= 0.6 is 11.8 Å². The Kier molecular flexibility index (Phi) is 4.04. The Morgan fingerprint density at radius 3 is 2.58 bits per heavy atom. The predicted octanol–water partition coefficient (Wildman–Crippen LogP) is 2.23. The Labute approximate surface area is 117 Å². The molecule has 0 saturated carbocycles. The fourth-order valence-electron chi connectivity index (χ4n) is 1.58. The summed E-state index contributed by atoms with van der Waals surface area (Å²) < 4.78 is 1.74. The van der Waals surface area contributed by atoms with Gasteiger partial charge in [-0.05, 0) is 18.7 Å². The van der Waals surface area contributed by atoms with Crippen molar-refractivity contribution in [1.82, 2.24) is 24.7 Å². The average molecular weight is 278 g/mol. The summed E-state index contributed by atoms with van der Waals surface area (Å²) >= 11 is 1.51. The standard InChI is InChI=1S/C12H18N6S/c1-7(2)9-16-10(13-4)8(3)11(17-9)19-12-14-6-15-18(12)5/h6-7H,1-5H3,(H,13,16,17). The van der Waals surface area contributed by atoms with E-state index in [-0.39, 0.29) is 5.92 Å². The third kappa shape index (κ3) is 2.86. The van der Waals surface area contributed by atoms with Crippen LogP contribution in [0.5, 0.6) is 0 Å². The molecule has 0 fully saturated rings. The first kappa shape index (κ1) is 13.8. The van der Waals surface area contributed by atoms with Crippen molar-refractivity contribution < 1.29 is 0 Å². The molecule has 2 heterocycles. The van der Waals surface area contributed by atoms with Crippen molar-refractivity contribution in [3.8, 4) is 0 Å². The fourth-order valence-corrected chi connectivity index (χ4v) is 2.42. The zero-order valence-corrected chi connectivity index (χ0v) is 12.6. The Morgan fingerprint density at radius 2 is 2.05 bits per heavy atom. The summed E-state index contributed by atoms with van der Waals surface area (Å²) in [5.41, 5.74) is 1.03. The molecule has 0 aliphatic rings. The maximum absolute atomic E-state index is 4.63. The molecule has 7 heteroatoms. The van der Waals surface area contributed by atoms with Gasteiger partial charge in [-0.15, -0.1) is 0 Å². The maximum Gasteiger partial charge on any atom is 0.192 e. The van der Waals surface area contributed by atoms with Crippen LogP contribution in [0.15, 0.2) is 16.5 Å². The number of anilines is 1. The van der Waals surface area contributed by atoms with Crippen molar-refractivity contribution in [3.05, 3.63) is 17.7 Å². The van der Waals surface area contributed by atoms with Gasteiger partial charge in [0.1, 0.15) is 23.0 Å². The van der Waals surface area contributed by atoms with Gasteiger partial charge in [0.25, 0.3) is 0 Å². The summed E-state index contributed by atoms with van der Waals surface area (Å²) in [4.78, 5) is 13.4. The second-order valence-electron chi connectivity index (χ2n) is 4.53. The Bertz CT molecular complexity index is 578. The molecule has 0 unspecified atom stereocenters. The lowest BCUT2D eigenvalue weighted by Crippen LogP contribution is -2.06. The number of aryl methyl sites for hydroxylation is 1. The highest BCUT2D eigenvalue weighted by Gasteiger charge is 2.15. The monoisotopic (exact) mass is 278 g/mol. The number of hydrogen-bond donors (Lipinski definition) is 1. The number of hydrogen-bond acceptors (Lipinski definition) is 6. The van der Waals surface area contributed by atoms with Crippen LogP contribution in [0.25, 0.3) is 0 Å². The van der Waals surface area contributed by atoms with Crippen LogP contribution in [-0.4, -0.2) is 31.8 Å². The zero-order valence-electron chi connectivity index (χ0n) is 11.8. The largest absolute Gasteiger partial charge is 0.373 e. The Hall–Kier alpha value is -1.63. The molecular weight excluding hydrogens is 260 g/mol. The second-order valence-corrected chi connectivity index (χ2v) is 5.49. The van der Waals surface area contributed by atoms with Crippen molar-refractivity contribution in [2.75, 3.05) is 12.4 Å². The number of aromatic nitrogens is 5. The molecular formula is C12H18N6S. The average Bonchev–Trinajstić information content (AvgIpc) is 2.77. The van der Waals surface area contributed by atoms with E-state index in [0.29, 0.717) is 0 Å². The van der Waals surface area contributed by atoms with Crippen LogP contribution in [0.4, 0.5) is 5.82 Å². The van der Waals surface area contributed by atoms with Crippen LogP contribution in [0.1, 0.15) is 31.2 Å². The highest BCUT2D eigenvalue weighted by atomic mass is 32.2. The Balaban J connectivity index is 2.43. The van der Waals surface area contributed by atoms with Crippen LogP contribution in [0.2, 0.25) is 0 Å². The third-order valence-corrected chi connectivity index (χ3v) is 3.87. The molecule has 2 aromatic heterocycles. The van der Waals surface area contributed by atoms with Crippen LogP contribution in [-0.2, 0) is 7.05 Å². The Morgan fingerprint density at radius 1 is 1.32 bits per heavy atom. The minimum Gasteiger partial charge on any atom is -0.373 e. The molecule has 0 saturated heterocycles. The lowest BCUT2D eigenvalue weighted by Gasteiger charge is -2.13. The SMILES string of the molecule is CNc1nc(C(C)C)nc(Sc2ncnn2C)c1C. The summed E-state index contributed by atoms with van der Waals surface area (Å²) in [6, 6.07) is 0. The van der Waals surface area contributed by atoms with Gasteiger partial charge < -0.3 is 5.32 Å². The van der Waals surface area contributed by atoms with E-state index in [2.05, 4.69) is 39.2 Å². The van der Waals surface area contributed by atoms with Gasteiger partial charge in [0.05, 0.1) is 0 Å². The van der Waals surface area contributed by atoms with Gasteiger partial charge in [0, 0.05) is 25.6 Å². The molecule has 2 rings (SSSR count). The van der Waals surface area contributed by atoms with Crippen LogP contribution < -0.4 is 5.32 Å². The van der Waals surface area contributed by atoms with Crippen LogP contribution in [0.3, 0.4) is 0 Å². The quantitative estimate of drug-likeness (QED) is 0.865. The van der Waals surface area contributed by atoms with Gasteiger partial charge in [0.2, 0.25) is 0 Å². The van der Waals surface area contributed by atoms with Crippen molar-refractivity contribution in [3.63, 3.8) is 0 Å². The molecule has 0 bridgehead atoms. The number of rotatable bonds is 4. The van der Waals surface area contributed by atoms with Gasteiger partial charge in [-0.1, -0.05) is 13.8 Å². The molecule has 0 amide bonds. The molecule has 102 valence electrons. The minimum atomic E-state index is 0.284. The third-order valence-electron chi connectivity index (χ3n) is 2.73. The van der Waals surface area contributed by atoms with Gasteiger partial charge in [0.15, 0.2) is 5.16 Å². The molecule has 6 nitrogen and oxygen atoms in total. The van der Waals surface area contributed by atoms with E-state index in [1.54, 1.807) is 11.0 Å². The van der Waals surface area contributed by atoms with Crippen LogP contribution in [0, 0.1) is 6.92 Å². The van der Waals surface area contributed by atoms with Gasteiger partial charge in [-0.3, -0.25) is 0 Å². The highest BCUT2D eigenvalue weighted by Crippen LogP contribution is 2.30. The van der Waals surface area contributed by atoms with E-state index in [4.69, 9.17) is 0 Å². The molecule has 0 radical (unpaired) electrons. The highest BCUT2D eigenvalue weighted by molar-refractivity contribution is 7.99. The first-order chi connectivity index (χ1) is 9.02. The van der Waals surface area contributed by atoms with Gasteiger partial charge >= 0.3 is 0 Å². The lowest BCUT2D eigenvalue weighted by molar-refractivity contribution is 0.683. The fraction of sp³-hybridized carbons (Fsp3) is 0.500. The van der Waals surface area contributed by atoms with E-state index >= 15 is 0 Å². The van der Waals surface area contributed by atoms with Crippen molar-refractivity contribution in [1.29, 1.82) is 0 Å². The van der Waals surface area contributed by atoms with E-state index in [0.717, 1.165) is 27.4 Å². The van der Waals surface area contributed by atoms with E-state index in [1.165, 1.54) is 11.8 Å². The van der Waals surface area contributed by atoms with E-state index < -0.39 is 0 Å². The van der Waals surface area contributed by atoms with Gasteiger partial charge in [-0.2, -0.15) is 5.10 Å². The summed E-state index contributed by atoms with van der Waals surface area (Å²) in [7, 11) is 3.74. The van der Waals surface area contributed by atoms with Gasteiger partial charge in [-0.25, -0.2) is 19.6 Å². The summed E-state index contributed by atoms with van der Waals surface area (Å²) in [6.45, 7) is 6.18. The molecule has 0 aliphatic carbocycles. The predicted molar refractivity (Wildman–Crippen MR) is 75.5 cm³/mol. The summed E-state index contributed by atoms with van der Waals surface area (Å²) in [5, 5.41) is 8.92. The van der Waals surface area contributed by atoms with E-state index in [1.807, 2.05) is 21.0 Å². The molecule has 0 atom stereocenters. The lowest BCUT2D eigenvalue weighted by atomic mass is 10.2. The molecule has 0 aromatic carbocycles. The topological polar surface area (TPSA) is 68.5 Å². The smallest absolute Gasteiger partial charge is 0.192 e. The normalized spacial score (nSPS) is 11.1. The number of nitrogens with one attached hydrogen (secondary N) is 1. The van der Waals surface area contributed by atoms with E-state index in [9.17, 15) is 0 Å². The van der Waals surface area contributed by atoms with Crippen molar-refractivity contribution in [2.24, 2.45) is 7.05 Å².